The molecule has 0 aromatic carbocycles. The molecule has 0 heterocycles. The number of esters is 1. The number of carboxylic acids is 1. The van der Waals surface area contributed by atoms with Crippen LogP contribution in [0.4, 0.5) is 0 Å². The lowest BCUT2D eigenvalue weighted by Crippen LogP contribution is -2.41. The Kier molecular flexibility index (Phi) is 4.73. The predicted molar refractivity (Wildman–Crippen MR) is 63.5 cm³/mol. The molecule has 1 fully saturated rings. The zero-order valence-electron chi connectivity index (χ0n) is 10.4. The summed E-state index contributed by atoms with van der Waals surface area (Å²) in [5, 5.41) is 8.45. The predicted octanol–water partition coefficient (Wildman–Crippen LogP) is 2.53. The molecule has 4 nitrogen and oxygen atoms in total. The number of hydrogen-bond donors (Lipinski definition) is 1. The number of rotatable bonds is 4. The lowest BCUT2D eigenvalue weighted by Gasteiger charge is -2.39. The van der Waals surface area contributed by atoms with E-state index < -0.39 is 17.5 Å². The Labute approximate surface area is 102 Å². The van der Waals surface area contributed by atoms with Crippen LogP contribution in [0.25, 0.3) is 0 Å². The molecule has 0 amide bonds. The van der Waals surface area contributed by atoms with Crippen molar-refractivity contribution in [2.24, 2.45) is 5.92 Å². The third kappa shape index (κ3) is 3.88. The van der Waals surface area contributed by atoms with Gasteiger partial charge in [-0.25, -0.2) is 9.59 Å². The molecule has 1 saturated carbocycles. The van der Waals surface area contributed by atoms with E-state index in [9.17, 15) is 9.59 Å². The number of carbonyl (C=O) groups excluding carboxylic acids is 1. The van der Waals surface area contributed by atoms with Gasteiger partial charge >= 0.3 is 11.9 Å². The topological polar surface area (TPSA) is 63.6 Å². The summed E-state index contributed by atoms with van der Waals surface area (Å²) in [4.78, 5) is 21.9. The van der Waals surface area contributed by atoms with Crippen LogP contribution in [0.1, 0.15) is 46.0 Å². The summed E-state index contributed by atoms with van der Waals surface area (Å²) in [5.74, 6) is -1.43. The summed E-state index contributed by atoms with van der Waals surface area (Å²) in [6, 6.07) is 0. The van der Waals surface area contributed by atoms with Crippen molar-refractivity contribution in [1.82, 2.24) is 0 Å². The summed E-state index contributed by atoms with van der Waals surface area (Å²) in [6.07, 6.45) is 6.86. The summed E-state index contributed by atoms with van der Waals surface area (Å²) < 4.78 is 5.50. The van der Waals surface area contributed by atoms with E-state index in [0.29, 0.717) is 0 Å². The highest BCUT2D eigenvalue weighted by Gasteiger charge is 2.38. The molecular weight excluding hydrogens is 220 g/mol. The Morgan fingerprint density at radius 1 is 1.18 bits per heavy atom. The third-order valence-electron chi connectivity index (χ3n) is 3.42. The van der Waals surface area contributed by atoms with Crippen LogP contribution in [0.15, 0.2) is 12.2 Å². The lowest BCUT2D eigenvalue weighted by molar-refractivity contribution is -0.163. The fourth-order valence-corrected chi connectivity index (χ4v) is 2.32. The first-order chi connectivity index (χ1) is 7.96. The van der Waals surface area contributed by atoms with Crippen molar-refractivity contribution in [2.45, 2.75) is 51.6 Å². The van der Waals surface area contributed by atoms with Crippen molar-refractivity contribution in [2.75, 3.05) is 0 Å². The maximum atomic E-state index is 11.6. The number of ether oxygens (including phenoxy) is 1. The van der Waals surface area contributed by atoms with E-state index in [1.165, 1.54) is 6.42 Å². The summed E-state index contributed by atoms with van der Waals surface area (Å²) in [6.45, 7) is 4.08. The molecule has 0 radical (unpaired) electrons. The Balaban J connectivity index is 2.67. The molecule has 0 saturated heterocycles. The van der Waals surface area contributed by atoms with Gasteiger partial charge in [-0.05, 0) is 31.6 Å². The van der Waals surface area contributed by atoms with Gasteiger partial charge in [-0.1, -0.05) is 20.3 Å². The van der Waals surface area contributed by atoms with E-state index in [2.05, 4.69) is 0 Å². The molecule has 0 aliphatic heterocycles. The van der Waals surface area contributed by atoms with Gasteiger partial charge in [0, 0.05) is 12.2 Å². The highest BCUT2D eigenvalue weighted by Crippen LogP contribution is 2.37. The highest BCUT2D eigenvalue weighted by molar-refractivity contribution is 5.90. The van der Waals surface area contributed by atoms with E-state index in [1.807, 2.05) is 13.8 Å². The van der Waals surface area contributed by atoms with Crippen molar-refractivity contribution in [3.8, 4) is 0 Å². The Hall–Kier alpha value is -1.32. The van der Waals surface area contributed by atoms with Crippen molar-refractivity contribution < 1.29 is 19.4 Å². The molecular formula is C13H20O4. The van der Waals surface area contributed by atoms with Crippen LogP contribution < -0.4 is 0 Å². The number of carboxylic acid groups (broad SMARTS) is 1. The zero-order valence-corrected chi connectivity index (χ0v) is 10.4. The Morgan fingerprint density at radius 2 is 1.76 bits per heavy atom. The molecule has 1 aliphatic rings. The molecule has 4 heteroatoms. The van der Waals surface area contributed by atoms with Gasteiger partial charge in [-0.15, -0.1) is 0 Å². The van der Waals surface area contributed by atoms with Gasteiger partial charge in [0.15, 0.2) is 0 Å². The fourth-order valence-electron chi connectivity index (χ4n) is 2.32. The van der Waals surface area contributed by atoms with Crippen LogP contribution in [-0.4, -0.2) is 22.6 Å². The van der Waals surface area contributed by atoms with Crippen molar-refractivity contribution >= 4 is 11.9 Å². The fraction of sp³-hybridized carbons (Fsp3) is 0.692. The van der Waals surface area contributed by atoms with Crippen molar-refractivity contribution in [3.05, 3.63) is 12.2 Å². The summed E-state index contributed by atoms with van der Waals surface area (Å²) >= 11 is 0. The number of aliphatic carboxylic acids is 1. The molecule has 0 unspecified atom stereocenters. The molecule has 0 aromatic rings. The molecule has 96 valence electrons. The van der Waals surface area contributed by atoms with E-state index in [0.717, 1.165) is 37.8 Å². The minimum absolute atomic E-state index is 0.255. The van der Waals surface area contributed by atoms with Crippen LogP contribution in [0.2, 0.25) is 0 Å². The van der Waals surface area contributed by atoms with E-state index in [1.54, 1.807) is 0 Å². The van der Waals surface area contributed by atoms with E-state index in [4.69, 9.17) is 9.84 Å². The maximum Gasteiger partial charge on any atom is 0.331 e. The first-order valence-corrected chi connectivity index (χ1v) is 6.10. The maximum absolute atomic E-state index is 11.6. The zero-order chi connectivity index (χ0) is 12.9. The monoisotopic (exact) mass is 240 g/mol. The molecule has 17 heavy (non-hydrogen) atoms. The normalized spacial score (nSPS) is 19.5. The minimum atomic E-state index is -1.14. The molecule has 1 rings (SSSR count). The van der Waals surface area contributed by atoms with E-state index >= 15 is 0 Å². The average Bonchev–Trinajstić information content (AvgIpc) is 2.27. The average molecular weight is 240 g/mol. The van der Waals surface area contributed by atoms with Crippen molar-refractivity contribution in [1.29, 1.82) is 0 Å². The molecule has 1 N–H and O–H groups in total. The van der Waals surface area contributed by atoms with Crippen LogP contribution in [0.3, 0.4) is 0 Å². The standard InChI is InChI=1S/C13H20O4/c1-10(2)13(8-4-3-5-9-13)17-12(16)7-6-11(14)15/h6-7,10H,3-5,8-9H2,1-2H3,(H,14,15). The van der Waals surface area contributed by atoms with Gasteiger partial charge in [-0.2, -0.15) is 0 Å². The van der Waals surface area contributed by atoms with Gasteiger partial charge < -0.3 is 9.84 Å². The molecule has 1 aliphatic carbocycles. The lowest BCUT2D eigenvalue weighted by atomic mass is 9.77. The van der Waals surface area contributed by atoms with Gasteiger partial charge in [0.05, 0.1) is 0 Å². The highest BCUT2D eigenvalue weighted by atomic mass is 16.6. The number of carbonyl (C=O) groups is 2. The summed E-state index contributed by atoms with van der Waals surface area (Å²) in [5.41, 5.74) is -0.405. The molecule has 0 spiro atoms. The van der Waals surface area contributed by atoms with E-state index in [-0.39, 0.29) is 5.92 Å². The molecule has 0 aromatic heterocycles. The second-order valence-corrected chi connectivity index (χ2v) is 4.87. The first-order valence-electron chi connectivity index (χ1n) is 6.10. The Morgan fingerprint density at radius 3 is 2.24 bits per heavy atom. The Bertz CT molecular complexity index is 311. The van der Waals surface area contributed by atoms with Crippen LogP contribution in [0.5, 0.6) is 0 Å². The largest absolute Gasteiger partial charge is 0.478 e. The molecule has 0 bridgehead atoms. The van der Waals surface area contributed by atoms with Gasteiger partial charge in [0.25, 0.3) is 0 Å². The second-order valence-electron chi connectivity index (χ2n) is 4.87. The van der Waals surface area contributed by atoms with Gasteiger partial charge in [-0.3, -0.25) is 0 Å². The van der Waals surface area contributed by atoms with Crippen molar-refractivity contribution in [3.63, 3.8) is 0 Å². The quantitative estimate of drug-likeness (QED) is 0.606. The van der Waals surface area contributed by atoms with Crippen LogP contribution >= 0.6 is 0 Å². The summed E-state index contributed by atoms with van der Waals surface area (Å²) in [7, 11) is 0. The second kappa shape index (κ2) is 5.84. The number of hydrogen-bond acceptors (Lipinski definition) is 3. The SMILES string of the molecule is CC(C)C1(OC(=O)C=CC(=O)O)CCCCC1. The first kappa shape index (κ1) is 13.7. The van der Waals surface area contributed by atoms with Crippen LogP contribution in [0, 0.1) is 5.92 Å². The minimum Gasteiger partial charge on any atom is -0.478 e. The van der Waals surface area contributed by atoms with Crippen LogP contribution in [-0.2, 0) is 14.3 Å². The third-order valence-corrected chi connectivity index (χ3v) is 3.42. The van der Waals surface area contributed by atoms with Gasteiger partial charge in [0.2, 0.25) is 0 Å². The smallest absolute Gasteiger partial charge is 0.331 e. The molecule has 0 atom stereocenters. The van der Waals surface area contributed by atoms with Gasteiger partial charge in [0.1, 0.15) is 5.60 Å².